The summed E-state index contributed by atoms with van der Waals surface area (Å²) in [7, 11) is 2.26. The second-order valence-corrected chi connectivity index (χ2v) is 7.43. The summed E-state index contributed by atoms with van der Waals surface area (Å²) in [4.78, 5) is 5.07. The Morgan fingerprint density at radius 1 is 0.864 bits per heavy atom. The third-order valence-corrected chi connectivity index (χ3v) is 5.83. The molecule has 0 bridgehead atoms. The normalized spacial score (nSPS) is 22.2. The molecule has 0 radical (unpaired) electrons. The standard InChI is InChI=1S/C20H32N2/c1-3-17-4-6-20(7-5-17)22-14-10-19(11-15-22)16-18-8-12-21(2)13-9-18/h4-7,18-19H,3,8-16H2,1-2H3. The molecule has 1 aromatic carbocycles. The van der Waals surface area contributed by atoms with Gasteiger partial charge in [-0.3, -0.25) is 0 Å². The topological polar surface area (TPSA) is 6.48 Å². The largest absolute Gasteiger partial charge is 0.372 e. The first-order valence-corrected chi connectivity index (χ1v) is 9.27. The van der Waals surface area contributed by atoms with Crippen LogP contribution in [0.1, 0.15) is 44.6 Å². The molecule has 0 saturated carbocycles. The predicted molar refractivity (Wildman–Crippen MR) is 95.6 cm³/mol. The third kappa shape index (κ3) is 4.04. The lowest BCUT2D eigenvalue weighted by atomic mass is 9.83. The molecule has 3 rings (SSSR count). The molecule has 22 heavy (non-hydrogen) atoms. The minimum atomic E-state index is 0.972. The molecule has 2 fully saturated rings. The fraction of sp³-hybridized carbons (Fsp3) is 0.700. The van der Waals surface area contributed by atoms with Crippen molar-refractivity contribution in [1.29, 1.82) is 0 Å². The molecule has 0 spiro atoms. The number of nitrogens with zero attached hydrogens (tertiary/aromatic N) is 2. The molecule has 0 N–H and O–H groups in total. The maximum atomic E-state index is 2.59. The van der Waals surface area contributed by atoms with Gasteiger partial charge in [0.1, 0.15) is 0 Å². The highest BCUT2D eigenvalue weighted by Crippen LogP contribution is 2.31. The summed E-state index contributed by atoms with van der Waals surface area (Å²) in [5, 5.41) is 0. The third-order valence-electron chi connectivity index (χ3n) is 5.83. The lowest BCUT2D eigenvalue weighted by molar-refractivity contribution is 0.187. The van der Waals surface area contributed by atoms with Crippen LogP contribution < -0.4 is 4.90 Å². The van der Waals surface area contributed by atoms with E-state index in [1.165, 1.54) is 69.5 Å². The first kappa shape index (κ1) is 15.9. The summed E-state index contributed by atoms with van der Waals surface area (Å²) in [5.41, 5.74) is 2.87. The molecular formula is C20H32N2. The Hall–Kier alpha value is -1.02. The lowest BCUT2D eigenvalue weighted by Crippen LogP contribution is -2.36. The maximum Gasteiger partial charge on any atom is 0.0366 e. The van der Waals surface area contributed by atoms with Crippen LogP contribution in [-0.4, -0.2) is 38.1 Å². The van der Waals surface area contributed by atoms with Gasteiger partial charge in [0, 0.05) is 18.8 Å². The fourth-order valence-electron chi connectivity index (χ4n) is 4.14. The summed E-state index contributed by atoms with van der Waals surface area (Å²) in [6.45, 7) is 7.36. The summed E-state index contributed by atoms with van der Waals surface area (Å²) >= 11 is 0. The number of hydrogen-bond acceptors (Lipinski definition) is 2. The Morgan fingerprint density at radius 2 is 1.41 bits per heavy atom. The van der Waals surface area contributed by atoms with Gasteiger partial charge in [0.2, 0.25) is 0 Å². The van der Waals surface area contributed by atoms with Crippen LogP contribution in [0.4, 0.5) is 5.69 Å². The van der Waals surface area contributed by atoms with E-state index in [0.29, 0.717) is 0 Å². The molecule has 1 aromatic rings. The van der Waals surface area contributed by atoms with Gasteiger partial charge in [0.25, 0.3) is 0 Å². The van der Waals surface area contributed by atoms with E-state index in [9.17, 15) is 0 Å². The van der Waals surface area contributed by atoms with Gasteiger partial charge in [-0.1, -0.05) is 19.1 Å². The van der Waals surface area contributed by atoms with E-state index in [0.717, 1.165) is 18.3 Å². The van der Waals surface area contributed by atoms with Crippen molar-refractivity contribution in [2.45, 2.75) is 45.4 Å². The van der Waals surface area contributed by atoms with Gasteiger partial charge in [0.15, 0.2) is 0 Å². The highest BCUT2D eigenvalue weighted by Gasteiger charge is 2.24. The van der Waals surface area contributed by atoms with Crippen molar-refractivity contribution in [2.75, 3.05) is 38.1 Å². The Bertz CT molecular complexity index is 437. The van der Waals surface area contributed by atoms with Crippen molar-refractivity contribution < 1.29 is 0 Å². The minimum Gasteiger partial charge on any atom is -0.372 e. The second kappa shape index (κ2) is 7.50. The summed E-state index contributed by atoms with van der Waals surface area (Å²) in [5.74, 6) is 1.97. The van der Waals surface area contributed by atoms with Crippen LogP contribution in [0.3, 0.4) is 0 Å². The molecule has 2 heteroatoms. The van der Waals surface area contributed by atoms with Gasteiger partial charge in [-0.05, 0) is 88.2 Å². The number of benzene rings is 1. The van der Waals surface area contributed by atoms with E-state index in [4.69, 9.17) is 0 Å². The van der Waals surface area contributed by atoms with Crippen LogP contribution in [-0.2, 0) is 6.42 Å². The SMILES string of the molecule is CCc1ccc(N2CCC(CC3CCN(C)CC3)CC2)cc1. The second-order valence-electron chi connectivity index (χ2n) is 7.43. The van der Waals surface area contributed by atoms with Crippen molar-refractivity contribution in [3.05, 3.63) is 29.8 Å². The average Bonchev–Trinajstić information content (AvgIpc) is 2.58. The Balaban J connectivity index is 1.45. The van der Waals surface area contributed by atoms with Crippen molar-refractivity contribution in [3.8, 4) is 0 Å². The smallest absolute Gasteiger partial charge is 0.0366 e. The molecule has 2 heterocycles. The first-order chi connectivity index (χ1) is 10.7. The highest BCUT2D eigenvalue weighted by atomic mass is 15.1. The number of likely N-dealkylation sites (tertiary alicyclic amines) is 1. The zero-order chi connectivity index (χ0) is 15.4. The molecule has 0 aromatic heterocycles. The van der Waals surface area contributed by atoms with E-state index in [-0.39, 0.29) is 0 Å². The fourth-order valence-corrected chi connectivity index (χ4v) is 4.14. The molecule has 0 atom stereocenters. The van der Waals surface area contributed by atoms with Gasteiger partial charge in [0.05, 0.1) is 0 Å². The highest BCUT2D eigenvalue weighted by molar-refractivity contribution is 5.47. The molecule has 0 unspecified atom stereocenters. The zero-order valence-electron chi connectivity index (χ0n) is 14.4. The van der Waals surface area contributed by atoms with Gasteiger partial charge in [-0.2, -0.15) is 0 Å². The van der Waals surface area contributed by atoms with E-state index in [1.54, 1.807) is 0 Å². The molecule has 2 saturated heterocycles. The van der Waals surface area contributed by atoms with Crippen molar-refractivity contribution in [3.63, 3.8) is 0 Å². The van der Waals surface area contributed by atoms with Crippen molar-refractivity contribution >= 4 is 5.69 Å². The number of aryl methyl sites for hydroxylation is 1. The predicted octanol–water partition coefficient (Wildman–Crippen LogP) is 4.20. The van der Waals surface area contributed by atoms with Gasteiger partial charge in [-0.15, -0.1) is 0 Å². The van der Waals surface area contributed by atoms with E-state index < -0.39 is 0 Å². The number of hydrogen-bond donors (Lipinski definition) is 0. The summed E-state index contributed by atoms with van der Waals surface area (Å²) in [6.07, 6.45) is 8.25. The molecule has 2 aliphatic rings. The van der Waals surface area contributed by atoms with Crippen LogP contribution in [0, 0.1) is 11.8 Å². The molecule has 2 aliphatic heterocycles. The van der Waals surface area contributed by atoms with E-state index >= 15 is 0 Å². The Kier molecular flexibility index (Phi) is 5.41. The maximum absolute atomic E-state index is 2.59. The van der Waals surface area contributed by atoms with Crippen LogP contribution in [0.25, 0.3) is 0 Å². The van der Waals surface area contributed by atoms with E-state index in [2.05, 4.69) is 48.0 Å². The average molecular weight is 300 g/mol. The Morgan fingerprint density at radius 3 is 1.95 bits per heavy atom. The Labute approximate surface area is 136 Å². The van der Waals surface area contributed by atoms with Crippen LogP contribution in [0.5, 0.6) is 0 Å². The van der Waals surface area contributed by atoms with Gasteiger partial charge >= 0.3 is 0 Å². The molecule has 2 nitrogen and oxygen atoms in total. The van der Waals surface area contributed by atoms with Crippen molar-refractivity contribution in [1.82, 2.24) is 4.90 Å². The molecular weight excluding hydrogens is 268 g/mol. The molecule has 0 amide bonds. The van der Waals surface area contributed by atoms with Crippen molar-refractivity contribution in [2.24, 2.45) is 11.8 Å². The quantitative estimate of drug-likeness (QED) is 0.822. The van der Waals surface area contributed by atoms with Gasteiger partial charge in [-0.25, -0.2) is 0 Å². The molecule has 0 aliphatic carbocycles. The number of piperidine rings is 2. The van der Waals surface area contributed by atoms with E-state index in [1.807, 2.05) is 0 Å². The zero-order valence-corrected chi connectivity index (χ0v) is 14.4. The number of rotatable bonds is 4. The monoisotopic (exact) mass is 300 g/mol. The van der Waals surface area contributed by atoms with Crippen LogP contribution >= 0.6 is 0 Å². The lowest BCUT2D eigenvalue weighted by Gasteiger charge is -2.37. The number of anilines is 1. The summed E-state index contributed by atoms with van der Waals surface area (Å²) in [6, 6.07) is 9.21. The molecule has 122 valence electrons. The first-order valence-electron chi connectivity index (χ1n) is 9.27. The van der Waals surface area contributed by atoms with Crippen LogP contribution in [0.2, 0.25) is 0 Å². The minimum absolute atomic E-state index is 0.972. The van der Waals surface area contributed by atoms with Crippen LogP contribution in [0.15, 0.2) is 24.3 Å². The summed E-state index contributed by atoms with van der Waals surface area (Å²) < 4.78 is 0. The van der Waals surface area contributed by atoms with Gasteiger partial charge < -0.3 is 9.80 Å².